The predicted molar refractivity (Wildman–Crippen MR) is 135 cm³/mol. The molecule has 0 fully saturated rings. The summed E-state index contributed by atoms with van der Waals surface area (Å²) in [5.74, 6) is 0. The van der Waals surface area contributed by atoms with Crippen molar-refractivity contribution in [2.75, 3.05) is 0 Å². The maximum Gasteiger partial charge on any atom is 0.254 e. The molecule has 5 nitrogen and oxygen atoms in total. The summed E-state index contributed by atoms with van der Waals surface area (Å²) in [6.07, 6.45) is 6.46. The van der Waals surface area contributed by atoms with E-state index in [0.29, 0.717) is 0 Å². The number of benzene rings is 3. The zero-order chi connectivity index (χ0) is 25.2. The van der Waals surface area contributed by atoms with Gasteiger partial charge in [0, 0.05) is 0 Å². The lowest BCUT2D eigenvalue weighted by Crippen LogP contribution is -2.30. The summed E-state index contributed by atoms with van der Waals surface area (Å²) in [7, 11) is -4.27. The molecule has 1 heterocycles. The lowest BCUT2D eigenvalue weighted by Gasteiger charge is -2.08. The molecule has 4 rings (SSSR count). The first kappa shape index (κ1) is 25.4. The number of hydrogen-bond acceptors (Lipinski definition) is 3. The minimum Gasteiger partial charge on any atom is -0.744 e. The highest BCUT2D eigenvalue weighted by molar-refractivity contribution is 7.85. The fourth-order valence-corrected chi connectivity index (χ4v) is 4.95. The normalized spacial score (nSPS) is 11.2. The second-order valence-electron chi connectivity index (χ2n) is 8.99. The summed E-state index contributed by atoms with van der Waals surface area (Å²) in [6, 6.07) is 14.8. The SMILES string of the molecule is Cc1cc(C)c(-n2cc[n+](-c3c(C)cc(C)cc3C)c2)c(C)c1.Cc1ccc(S(=O)(=O)[O-])cc1. The minimum atomic E-state index is -4.27. The third-order valence-electron chi connectivity index (χ3n) is 5.73. The van der Waals surface area contributed by atoms with Gasteiger partial charge < -0.3 is 4.55 Å². The van der Waals surface area contributed by atoms with Crippen LogP contribution in [-0.4, -0.2) is 17.5 Å². The van der Waals surface area contributed by atoms with E-state index >= 15 is 0 Å². The molecule has 0 aliphatic rings. The number of rotatable bonds is 3. The third-order valence-corrected chi connectivity index (χ3v) is 6.58. The highest BCUT2D eigenvalue weighted by Gasteiger charge is 2.16. The van der Waals surface area contributed by atoms with Crippen LogP contribution in [0.15, 0.2) is 72.1 Å². The molecule has 0 radical (unpaired) electrons. The van der Waals surface area contributed by atoms with Gasteiger partial charge in [-0.1, -0.05) is 53.1 Å². The molecule has 0 aliphatic carbocycles. The summed E-state index contributed by atoms with van der Waals surface area (Å²) in [5, 5.41) is 0. The van der Waals surface area contributed by atoms with Crippen molar-refractivity contribution < 1.29 is 17.5 Å². The van der Waals surface area contributed by atoms with Crippen LogP contribution in [0.4, 0.5) is 0 Å². The van der Waals surface area contributed by atoms with Gasteiger partial charge >= 0.3 is 0 Å². The van der Waals surface area contributed by atoms with E-state index in [1.807, 2.05) is 6.92 Å². The Kier molecular flexibility index (Phi) is 7.44. The van der Waals surface area contributed by atoms with Crippen molar-refractivity contribution in [2.45, 2.75) is 53.4 Å². The lowest BCUT2D eigenvalue weighted by atomic mass is 10.0. The van der Waals surface area contributed by atoms with Gasteiger partial charge in [-0.05, 0) is 82.9 Å². The molecular formula is C28H32N2O3S. The van der Waals surface area contributed by atoms with Crippen molar-refractivity contribution in [3.8, 4) is 11.4 Å². The number of hydrogen-bond donors (Lipinski definition) is 0. The van der Waals surface area contributed by atoms with E-state index in [-0.39, 0.29) is 4.90 Å². The van der Waals surface area contributed by atoms with E-state index in [1.54, 1.807) is 12.1 Å². The van der Waals surface area contributed by atoms with E-state index in [4.69, 9.17) is 0 Å². The van der Waals surface area contributed by atoms with E-state index in [0.717, 1.165) is 5.56 Å². The number of aromatic nitrogens is 2. The van der Waals surface area contributed by atoms with Gasteiger partial charge in [-0.25, -0.2) is 17.6 Å². The van der Waals surface area contributed by atoms with E-state index in [9.17, 15) is 13.0 Å². The predicted octanol–water partition coefficient (Wildman–Crippen LogP) is 5.50. The average Bonchev–Trinajstić information content (AvgIpc) is 3.15. The van der Waals surface area contributed by atoms with Gasteiger partial charge in [0.15, 0.2) is 0 Å². The van der Waals surface area contributed by atoms with Gasteiger partial charge in [-0.2, -0.15) is 0 Å². The number of aryl methyl sites for hydroxylation is 7. The quantitative estimate of drug-likeness (QED) is 0.289. The van der Waals surface area contributed by atoms with Crippen LogP contribution in [-0.2, 0) is 10.1 Å². The second-order valence-corrected chi connectivity index (χ2v) is 10.4. The molecule has 0 unspecified atom stereocenters. The van der Waals surface area contributed by atoms with Crippen LogP contribution in [0, 0.1) is 48.5 Å². The van der Waals surface area contributed by atoms with E-state index in [2.05, 4.69) is 93.7 Å². The summed E-state index contributed by atoms with van der Waals surface area (Å²) in [5.41, 5.74) is 11.3. The molecule has 0 amide bonds. The van der Waals surface area contributed by atoms with Crippen LogP contribution in [0.25, 0.3) is 11.4 Å². The molecule has 3 aromatic carbocycles. The van der Waals surface area contributed by atoms with Crippen molar-refractivity contribution in [1.82, 2.24) is 4.57 Å². The van der Waals surface area contributed by atoms with Gasteiger partial charge in [-0.3, -0.25) is 0 Å². The van der Waals surface area contributed by atoms with Crippen molar-refractivity contribution in [1.29, 1.82) is 0 Å². The summed E-state index contributed by atoms with van der Waals surface area (Å²) < 4.78 is 35.6. The van der Waals surface area contributed by atoms with Crippen LogP contribution in [0.1, 0.15) is 38.9 Å². The van der Waals surface area contributed by atoms with Crippen LogP contribution in [0.5, 0.6) is 0 Å². The molecule has 0 spiro atoms. The molecule has 0 aliphatic heterocycles. The van der Waals surface area contributed by atoms with Crippen molar-refractivity contribution in [2.24, 2.45) is 0 Å². The van der Waals surface area contributed by atoms with Crippen LogP contribution < -0.4 is 4.57 Å². The first-order chi connectivity index (χ1) is 15.9. The molecular weight excluding hydrogens is 444 g/mol. The monoisotopic (exact) mass is 476 g/mol. The Morgan fingerprint density at radius 1 is 0.706 bits per heavy atom. The lowest BCUT2D eigenvalue weighted by molar-refractivity contribution is -0.595. The molecule has 0 N–H and O–H groups in total. The van der Waals surface area contributed by atoms with Gasteiger partial charge in [0.2, 0.25) is 0 Å². The van der Waals surface area contributed by atoms with Crippen LogP contribution in [0.2, 0.25) is 0 Å². The van der Waals surface area contributed by atoms with E-state index < -0.39 is 10.1 Å². The zero-order valence-corrected chi connectivity index (χ0v) is 21.7. The molecule has 0 bridgehead atoms. The van der Waals surface area contributed by atoms with Gasteiger partial charge in [0.1, 0.15) is 33.9 Å². The second kappa shape index (κ2) is 9.95. The molecule has 34 heavy (non-hydrogen) atoms. The Hall–Kier alpha value is -3.22. The third kappa shape index (κ3) is 5.82. The largest absolute Gasteiger partial charge is 0.744 e. The topological polar surface area (TPSA) is 66.0 Å². The highest BCUT2D eigenvalue weighted by Crippen LogP contribution is 2.21. The van der Waals surface area contributed by atoms with Gasteiger partial charge in [-0.15, -0.1) is 0 Å². The molecule has 0 saturated heterocycles. The van der Waals surface area contributed by atoms with Crippen LogP contribution in [0.3, 0.4) is 0 Å². The summed E-state index contributed by atoms with van der Waals surface area (Å²) >= 11 is 0. The first-order valence-electron chi connectivity index (χ1n) is 11.1. The Bertz CT molecular complexity index is 1320. The number of imidazole rings is 1. The summed E-state index contributed by atoms with van der Waals surface area (Å²) in [4.78, 5) is -0.178. The molecule has 0 saturated carbocycles. The molecule has 1 aromatic heterocycles. The van der Waals surface area contributed by atoms with Crippen molar-refractivity contribution >= 4 is 10.1 Å². The standard InChI is InChI=1S/C21H25N2.C7H8O3S/c1-14-9-16(3)20(17(4)10-14)22-7-8-23(13-22)21-18(5)11-15(2)12-19(21)6;1-6-2-4-7(5-3-6)11(8,9)10/h7-13H,1-6H3;2-5H,1H3,(H,8,9,10)/q+1;/p-1. The molecule has 6 heteroatoms. The Morgan fingerprint density at radius 2 is 1.18 bits per heavy atom. The maximum atomic E-state index is 10.4. The molecule has 178 valence electrons. The smallest absolute Gasteiger partial charge is 0.254 e. The minimum absolute atomic E-state index is 0.178. The van der Waals surface area contributed by atoms with Crippen LogP contribution >= 0.6 is 0 Å². The zero-order valence-electron chi connectivity index (χ0n) is 20.9. The molecule has 0 atom stereocenters. The van der Waals surface area contributed by atoms with E-state index in [1.165, 1.54) is 56.9 Å². The maximum absolute atomic E-state index is 10.4. The van der Waals surface area contributed by atoms with Gasteiger partial charge in [0.25, 0.3) is 6.33 Å². The van der Waals surface area contributed by atoms with Gasteiger partial charge in [0.05, 0.1) is 4.90 Å². The fourth-order valence-electron chi connectivity index (χ4n) is 4.48. The number of nitrogens with zero attached hydrogens (tertiary/aromatic N) is 2. The Morgan fingerprint density at radius 3 is 1.65 bits per heavy atom. The first-order valence-corrected chi connectivity index (χ1v) is 12.6. The fraction of sp³-hybridized carbons (Fsp3) is 0.250. The average molecular weight is 477 g/mol. The highest BCUT2D eigenvalue weighted by atomic mass is 32.2. The Balaban J connectivity index is 0.000000248. The summed E-state index contributed by atoms with van der Waals surface area (Å²) in [6.45, 7) is 14.9. The molecule has 4 aromatic rings. The Labute approximate surface area is 203 Å². The van der Waals surface area contributed by atoms with Crippen molar-refractivity contribution in [3.63, 3.8) is 0 Å². The van der Waals surface area contributed by atoms with Crippen molar-refractivity contribution in [3.05, 3.63) is 106 Å².